The molecule has 2 heterocycles. The Morgan fingerprint density at radius 1 is 0.976 bits per heavy atom. The lowest BCUT2D eigenvalue weighted by Gasteiger charge is -2.44. The highest BCUT2D eigenvalue weighted by atomic mass is 32.2. The first-order valence-electron chi connectivity index (χ1n) is 12.8. The van der Waals surface area contributed by atoms with E-state index in [-0.39, 0.29) is 40.8 Å². The number of halogens is 3. The summed E-state index contributed by atoms with van der Waals surface area (Å²) >= 11 is 1.08. The highest BCUT2D eigenvalue weighted by Crippen LogP contribution is 2.39. The number of piperazine rings is 1. The van der Waals surface area contributed by atoms with Gasteiger partial charge in [0, 0.05) is 37.9 Å². The van der Waals surface area contributed by atoms with Crippen LogP contribution < -0.4 is 4.90 Å². The molecule has 1 saturated heterocycles. The van der Waals surface area contributed by atoms with Crippen molar-refractivity contribution in [1.29, 1.82) is 0 Å². The van der Waals surface area contributed by atoms with E-state index in [2.05, 4.69) is 0 Å². The summed E-state index contributed by atoms with van der Waals surface area (Å²) < 4.78 is 97.0. The van der Waals surface area contributed by atoms with Crippen LogP contribution in [0.25, 0.3) is 0 Å². The van der Waals surface area contributed by atoms with Gasteiger partial charge in [-0.1, -0.05) is 36.4 Å². The van der Waals surface area contributed by atoms with Crippen molar-refractivity contribution in [2.75, 3.05) is 31.1 Å². The van der Waals surface area contributed by atoms with Crippen molar-refractivity contribution in [1.82, 2.24) is 8.61 Å². The van der Waals surface area contributed by atoms with E-state index in [1.165, 1.54) is 51.1 Å². The number of nitrogens with zero attached hydrogens (tertiary/aromatic N) is 3. The van der Waals surface area contributed by atoms with Gasteiger partial charge in [-0.2, -0.15) is 21.8 Å². The number of aliphatic hydroxyl groups is 1. The minimum Gasteiger partial charge on any atom is -0.376 e. The van der Waals surface area contributed by atoms with Gasteiger partial charge >= 0.3 is 6.18 Å². The van der Waals surface area contributed by atoms with Crippen molar-refractivity contribution in [3.8, 4) is 0 Å². The van der Waals surface area contributed by atoms with Crippen LogP contribution >= 0.6 is 11.3 Å². The van der Waals surface area contributed by atoms with Crippen LogP contribution in [0.2, 0.25) is 0 Å². The fourth-order valence-electron chi connectivity index (χ4n) is 4.74. The maximum atomic E-state index is 13.6. The number of hydrogen-bond donors (Lipinski definition) is 1. The molecule has 0 radical (unpaired) electrons. The van der Waals surface area contributed by atoms with Gasteiger partial charge in [0.15, 0.2) is 5.60 Å². The summed E-state index contributed by atoms with van der Waals surface area (Å²) in [6.07, 6.45) is -4.89. The molecule has 0 amide bonds. The molecule has 3 aromatic rings. The molecule has 0 aliphatic carbocycles. The summed E-state index contributed by atoms with van der Waals surface area (Å²) in [5.41, 5.74) is -2.93. The highest BCUT2D eigenvalue weighted by Gasteiger charge is 2.51. The Balaban J connectivity index is 1.71. The number of thiophene rings is 1. The van der Waals surface area contributed by atoms with Crippen LogP contribution in [0, 0.1) is 0 Å². The Morgan fingerprint density at radius 2 is 1.61 bits per heavy atom. The van der Waals surface area contributed by atoms with Crippen LogP contribution in [-0.2, 0) is 25.6 Å². The second kappa shape index (κ2) is 11.7. The van der Waals surface area contributed by atoms with Crippen LogP contribution in [0.5, 0.6) is 0 Å². The average Bonchev–Trinajstić information content (AvgIpc) is 3.47. The molecule has 1 aliphatic heterocycles. The molecule has 2 atom stereocenters. The molecule has 1 fully saturated rings. The predicted octanol–water partition coefficient (Wildman–Crippen LogP) is 4.50. The molecule has 0 saturated carbocycles. The minimum absolute atomic E-state index is 0.0459. The van der Waals surface area contributed by atoms with E-state index >= 15 is 0 Å². The fraction of sp³-hybridized carbons (Fsp3) is 0.407. The number of hydrogen-bond acceptors (Lipinski definition) is 7. The number of sulfonamides is 2. The third-order valence-corrected chi connectivity index (χ3v) is 12.5. The van der Waals surface area contributed by atoms with Crippen LogP contribution in [0.1, 0.15) is 26.3 Å². The molecule has 2 unspecified atom stereocenters. The third kappa shape index (κ3) is 6.32. The van der Waals surface area contributed by atoms with Crippen LogP contribution in [0.3, 0.4) is 0 Å². The second-order valence-electron chi connectivity index (χ2n) is 10.2. The Hall–Kier alpha value is -2.49. The highest BCUT2D eigenvalue weighted by molar-refractivity contribution is 7.91. The quantitative estimate of drug-likeness (QED) is 0.374. The first-order valence-corrected chi connectivity index (χ1v) is 16.6. The first-order chi connectivity index (χ1) is 19.1. The third-order valence-electron chi connectivity index (χ3n) is 7.16. The van der Waals surface area contributed by atoms with Gasteiger partial charge in [0.1, 0.15) is 4.21 Å². The van der Waals surface area contributed by atoms with Gasteiger partial charge in [0.2, 0.25) is 10.0 Å². The summed E-state index contributed by atoms with van der Waals surface area (Å²) in [5, 5.41) is 11.7. The molecule has 8 nitrogen and oxygen atoms in total. The number of rotatable bonds is 9. The summed E-state index contributed by atoms with van der Waals surface area (Å²) in [6, 6.07) is 15.1. The number of anilines is 1. The molecular formula is C27H32F3N3O5S3. The van der Waals surface area contributed by atoms with Gasteiger partial charge < -0.3 is 10.0 Å². The molecule has 14 heteroatoms. The standard InChI is InChI=1S/C27H32F3N3O5S3/c1-20(2)33(40(35,36)24-8-5-4-6-9-24)19-23-18-31(41(37,38)25-10-7-17-39-25)15-16-32(23)22-13-11-21(12-14-22)26(3,34)27(28,29)30/h4-14,17,20,23,34H,15-16,18-19H2,1-3H3. The SMILES string of the molecule is CC(C)N(CC1CN(S(=O)(=O)c2cccs2)CCN1c1ccc(C(C)(O)C(F)(F)F)cc1)S(=O)(=O)c1ccccc1. The maximum Gasteiger partial charge on any atom is 0.421 e. The molecule has 41 heavy (non-hydrogen) atoms. The lowest BCUT2D eigenvalue weighted by molar-refractivity contribution is -0.258. The smallest absolute Gasteiger partial charge is 0.376 e. The number of alkyl halides is 3. The van der Waals surface area contributed by atoms with E-state index in [0.717, 1.165) is 11.3 Å². The lowest BCUT2D eigenvalue weighted by Crippen LogP contribution is -2.59. The predicted molar refractivity (Wildman–Crippen MR) is 152 cm³/mol. The van der Waals surface area contributed by atoms with E-state index in [9.17, 15) is 35.1 Å². The Labute approximate surface area is 242 Å². The second-order valence-corrected chi connectivity index (χ2v) is 15.2. The van der Waals surface area contributed by atoms with Crippen LogP contribution in [-0.4, -0.2) is 75.0 Å². The Bertz CT molecular complexity index is 1530. The maximum absolute atomic E-state index is 13.6. The normalized spacial score (nSPS) is 19.0. The summed E-state index contributed by atoms with van der Waals surface area (Å²) in [4.78, 5) is 1.90. The molecule has 1 aromatic heterocycles. The summed E-state index contributed by atoms with van der Waals surface area (Å²) in [6.45, 7) is 4.26. The largest absolute Gasteiger partial charge is 0.421 e. The summed E-state index contributed by atoms with van der Waals surface area (Å²) in [7, 11) is -7.81. The Morgan fingerprint density at radius 3 is 2.15 bits per heavy atom. The zero-order chi connectivity index (χ0) is 30.2. The van der Waals surface area contributed by atoms with Gasteiger partial charge in [-0.05, 0) is 62.0 Å². The minimum atomic E-state index is -4.89. The van der Waals surface area contributed by atoms with E-state index in [4.69, 9.17) is 0 Å². The topological polar surface area (TPSA) is 98.2 Å². The number of benzene rings is 2. The monoisotopic (exact) mass is 631 g/mol. The summed E-state index contributed by atoms with van der Waals surface area (Å²) in [5.74, 6) is 0. The van der Waals surface area contributed by atoms with Gasteiger partial charge in [0.25, 0.3) is 10.0 Å². The van der Waals surface area contributed by atoms with Crippen molar-refractivity contribution in [2.24, 2.45) is 0 Å². The van der Waals surface area contributed by atoms with E-state index in [1.54, 1.807) is 43.5 Å². The first kappa shape index (κ1) is 31.4. The fourth-order valence-corrected chi connectivity index (χ4v) is 9.05. The zero-order valence-corrected chi connectivity index (χ0v) is 25.1. The van der Waals surface area contributed by atoms with Crippen LogP contribution in [0.4, 0.5) is 18.9 Å². The van der Waals surface area contributed by atoms with Gasteiger partial charge in [-0.25, -0.2) is 16.8 Å². The molecule has 0 spiro atoms. The zero-order valence-electron chi connectivity index (χ0n) is 22.7. The molecule has 1 N–H and O–H groups in total. The molecule has 224 valence electrons. The average molecular weight is 632 g/mol. The van der Waals surface area contributed by atoms with Crippen LogP contribution in [0.15, 0.2) is 81.2 Å². The van der Waals surface area contributed by atoms with Crippen molar-refractivity contribution in [3.63, 3.8) is 0 Å². The lowest BCUT2D eigenvalue weighted by atomic mass is 9.95. The van der Waals surface area contributed by atoms with E-state index in [1.807, 2.05) is 4.90 Å². The molecule has 2 aromatic carbocycles. The molecular weight excluding hydrogens is 600 g/mol. The van der Waals surface area contributed by atoms with E-state index in [0.29, 0.717) is 12.6 Å². The molecule has 0 bridgehead atoms. The van der Waals surface area contributed by atoms with Crippen molar-refractivity contribution in [2.45, 2.75) is 53.7 Å². The van der Waals surface area contributed by atoms with Crippen molar-refractivity contribution < 1.29 is 35.1 Å². The molecule has 4 rings (SSSR count). The molecule has 1 aliphatic rings. The Kier molecular flexibility index (Phi) is 8.94. The van der Waals surface area contributed by atoms with Crippen molar-refractivity contribution >= 4 is 37.1 Å². The van der Waals surface area contributed by atoms with E-state index < -0.39 is 43.9 Å². The van der Waals surface area contributed by atoms with Gasteiger partial charge in [-0.15, -0.1) is 11.3 Å². The van der Waals surface area contributed by atoms with Gasteiger partial charge in [0.05, 0.1) is 10.9 Å². The van der Waals surface area contributed by atoms with Gasteiger partial charge in [-0.3, -0.25) is 0 Å². The van der Waals surface area contributed by atoms with Crippen molar-refractivity contribution in [3.05, 3.63) is 77.7 Å².